The van der Waals surface area contributed by atoms with Crippen LogP contribution in [0.15, 0.2) is 91.0 Å². The zero-order chi connectivity index (χ0) is 25.5. The number of carbonyl (C=O) groups is 1. The number of ketones is 1. The van der Waals surface area contributed by atoms with Gasteiger partial charge in [-0.05, 0) is 34.2 Å². The van der Waals surface area contributed by atoms with Gasteiger partial charge in [0.1, 0.15) is 8.07 Å². The Bertz CT molecular complexity index is 1070. The Kier molecular flexibility index (Phi) is 8.92. The molecule has 35 heavy (non-hydrogen) atoms. The van der Waals surface area contributed by atoms with E-state index in [2.05, 4.69) is 77.3 Å². The van der Waals surface area contributed by atoms with Crippen LogP contribution in [0.3, 0.4) is 0 Å². The molecule has 0 aliphatic rings. The first kappa shape index (κ1) is 26.7. The van der Waals surface area contributed by atoms with Crippen molar-refractivity contribution in [3.8, 4) is 11.5 Å². The lowest BCUT2D eigenvalue weighted by Gasteiger charge is -2.38. The molecule has 0 radical (unpaired) electrons. The molecule has 0 aliphatic carbocycles. The zero-order valence-corrected chi connectivity index (χ0v) is 23.2. The van der Waals surface area contributed by atoms with Crippen molar-refractivity contribution in [3.05, 3.63) is 108 Å². The molecule has 1 nitrogen and oxygen atoms in total. The zero-order valence-electron chi connectivity index (χ0n) is 22.2. The summed E-state index contributed by atoms with van der Waals surface area (Å²) in [6.45, 7) is 14.1. The Morgan fingerprint density at radius 1 is 0.686 bits per heavy atom. The van der Waals surface area contributed by atoms with Crippen molar-refractivity contribution in [2.75, 3.05) is 0 Å². The van der Waals surface area contributed by atoms with Gasteiger partial charge in [0.25, 0.3) is 0 Å². The Morgan fingerprint density at radius 2 is 1.09 bits per heavy atom. The molecular formula is C33H40OSi. The SMILES string of the molecule is CC(C)[Si](C#CCCC(C(=O)c1ccccc1)(c1ccccc1)c1ccccc1)(C(C)C)C(C)C. The summed E-state index contributed by atoms with van der Waals surface area (Å²) in [5.41, 5.74) is 7.66. The van der Waals surface area contributed by atoms with Crippen molar-refractivity contribution in [1.29, 1.82) is 0 Å². The van der Waals surface area contributed by atoms with Crippen molar-refractivity contribution in [2.24, 2.45) is 0 Å². The summed E-state index contributed by atoms with van der Waals surface area (Å²) in [6, 6.07) is 30.3. The Labute approximate surface area is 214 Å². The van der Waals surface area contributed by atoms with Crippen LogP contribution in [-0.4, -0.2) is 13.9 Å². The summed E-state index contributed by atoms with van der Waals surface area (Å²) in [6.07, 6.45) is 1.34. The third kappa shape index (κ3) is 5.36. The normalized spacial score (nSPS) is 12.0. The maximum atomic E-state index is 14.3. The predicted molar refractivity (Wildman–Crippen MR) is 152 cm³/mol. The van der Waals surface area contributed by atoms with Gasteiger partial charge in [0.2, 0.25) is 0 Å². The van der Waals surface area contributed by atoms with Crippen molar-refractivity contribution >= 4 is 13.9 Å². The van der Waals surface area contributed by atoms with Crippen LogP contribution >= 0.6 is 0 Å². The lowest BCUT2D eigenvalue weighted by atomic mass is 9.67. The number of hydrogen-bond donors (Lipinski definition) is 0. The molecule has 0 N–H and O–H groups in total. The van der Waals surface area contributed by atoms with Gasteiger partial charge in [-0.15, -0.1) is 11.5 Å². The van der Waals surface area contributed by atoms with E-state index in [9.17, 15) is 4.79 Å². The van der Waals surface area contributed by atoms with Gasteiger partial charge in [0.05, 0.1) is 5.41 Å². The number of Topliss-reactive ketones (excluding diaryl/α,β-unsaturated/α-hetero) is 1. The van der Waals surface area contributed by atoms with E-state index in [1.54, 1.807) is 0 Å². The Balaban J connectivity index is 2.13. The highest BCUT2D eigenvalue weighted by Gasteiger charge is 2.43. The molecule has 2 heteroatoms. The lowest BCUT2D eigenvalue weighted by Crippen LogP contribution is -2.43. The van der Waals surface area contributed by atoms with Gasteiger partial charge < -0.3 is 0 Å². The highest BCUT2D eigenvalue weighted by molar-refractivity contribution is 6.90. The summed E-state index contributed by atoms with van der Waals surface area (Å²) in [5.74, 6) is 3.77. The van der Waals surface area contributed by atoms with Crippen molar-refractivity contribution in [3.63, 3.8) is 0 Å². The molecule has 0 saturated heterocycles. The minimum Gasteiger partial charge on any atom is -0.293 e. The second kappa shape index (κ2) is 11.7. The molecular weight excluding hydrogens is 440 g/mol. The Hall–Kier alpha value is -2.89. The molecule has 0 spiro atoms. The van der Waals surface area contributed by atoms with Gasteiger partial charge in [-0.1, -0.05) is 133 Å². The van der Waals surface area contributed by atoms with Crippen LogP contribution in [0.4, 0.5) is 0 Å². The maximum absolute atomic E-state index is 14.3. The lowest BCUT2D eigenvalue weighted by molar-refractivity contribution is 0.0905. The summed E-state index contributed by atoms with van der Waals surface area (Å²) in [7, 11) is -1.82. The van der Waals surface area contributed by atoms with E-state index < -0.39 is 13.5 Å². The van der Waals surface area contributed by atoms with Gasteiger partial charge in [0.15, 0.2) is 5.78 Å². The van der Waals surface area contributed by atoms with E-state index >= 15 is 0 Å². The van der Waals surface area contributed by atoms with Crippen LogP contribution in [0.1, 0.15) is 75.9 Å². The molecule has 0 aromatic heterocycles. The molecule has 0 atom stereocenters. The summed E-state index contributed by atoms with van der Waals surface area (Å²) in [5, 5.41) is 0. The minimum absolute atomic E-state index is 0.136. The average Bonchev–Trinajstić information content (AvgIpc) is 2.87. The van der Waals surface area contributed by atoms with Crippen LogP contribution in [0, 0.1) is 11.5 Å². The molecule has 3 aromatic carbocycles. The van der Waals surface area contributed by atoms with Gasteiger partial charge >= 0.3 is 0 Å². The van der Waals surface area contributed by atoms with Gasteiger partial charge in [-0.2, -0.15) is 0 Å². The van der Waals surface area contributed by atoms with Crippen LogP contribution < -0.4 is 0 Å². The van der Waals surface area contributed by atoms with Crippen LogP contribution in [0.2, 0.25) is 16.6 Å². The smallest absolute Gasteiger partial charge is 0.177 e. The predicted octanol–water partition coefficient (Wildman–Crippen LogP) is 8.86. The van der Waals surface area contributed by atoms with Crippen molar-refractivity contribution in [1.82, 2.24) is 0 Å². The van der Waals surface area contributed by atoms with E-state index in [4.69, 9.17) is 0 Å². The average molecular weight is 481 g/mol. The molecule has 0 heterocycles. The van der Waals surface area contributed by atoms with Gasteiger partial charge in [0, 0.05) is 12.0 Å². The number of rotatable bonds is 9. The third-order valence-corrected chi connectivity index (χ3v) is 14.1. The van der Waals surface area contributed by atoms with Gasteiger partial charge in [-0.25, -0.2) is 0 Å². The van der Waals surface area contributed by atoms with E-state index in [-0.39, 0.29) is 5.78 Å². The minimum atomic E-state index is -1.82. The molecule has 0 saturated carbocycles. The number of hydrogen-bond acceptors (Lipinski definition) is 1. The highest BCUT2D eigenvalue weighted by atomic mass is 28.3. The summed E-state index contributed by atoms with van der Waals surface area (Å²) < 4.78 is 0. The van der Waals surface area contributed by atoms with Gasteiger partial charge in [-0.3, -0.25) is 4.79 Å². The molecule has 3 rings (SSSR count). The van der Waals surface area contributed by atoms with E-state index in [1.807, 2.05) is 66.7 Å². The molecule has 0 fully saturated rings. The first-order chi connectivity index (χ1) is 16.8. The first-order valence-electron chi connectivity index (χ1n) is 13.0. The molecule has 0 aliphatic heterocycles. The quantitative estimate of drug-likeness (QED) is 0.170. The van der Waals surface area contributed by atoms with Crippen LogP contribution in [0.25, 0.3) is 0 Å². The molecule has 0 bridgehead atoms. The second-order valence-corrected chi connectivity index (χ2v) is 16.1. The van der Waals surface area contributed by atoms with Crippen molar-refractivity contribution < 1.29 is 4.79 Å². The highest BCUT2D eigenvalue weighted by Crippen LogP contribution is 2.42. The molecule has 182 valence electrons. The number of carbonyl (C=O) groups excluding carboxylic acids is 1. The molecule has 0 amide bonds. The molecule has 3 aromatic rings. The summed E-state index contributed by atoms with van der Waals surface area (Å²) in [4.78, 5) is 14.3. The third-order valence-electron chi connectivity index (χ3n) is 7.75. The Morgan fingerprint density at radius 3 is 1.49 bits per heavy atom. The van der Waals surface area contributed by atoms with Crippen LogP contribution in [0.5, 0.6) is 0 Å². The van der Waals surface area contributed by atoms with E-state index in [1.165, 1.54) is 0 Å². The fraction of sp³-hybridized carbons (Fsp3) is 0.364. The fourth-order valence-electron chi connectivity index (χ4n) is 6.01. The van der Waals surface area contributed by atoms with E-state index in [0.717, 1.165) is 16.7 Å². The summed E-state index contributed by atoms with van der Waals surface area (Å²) >= 11 is 0. The van der Waals surface area contributed by atoms with E-state index in [0.29, 0.717) is 29.5 Å². The van der Waals surface area contributed by atoms with Crippen LogP contribution in [-0.2, 0) is 5.41 Å². The first-order valence-corrected chi connectivity index (χ1v) is 15.2. The van der Waals surface area contributed by atoms with Crippen molar-refractivity contribution in [2.45, 2.75) is 76.4 Å². The number of benzene rings is 3. The largest absolute Gasteiger partial charge is 0.293 e. The molecule has 0 unspecified atom stereocenters. The monoisotopic (exact) mass is 480 g/mol. The second-order valence-electron chi connectivity index (χ2n) is 10.5. The maximum Gasteiger partial charge on any atom is 0.177 e. The standard InChI is InChI=1S/C33H40OSi/c1-26(2)35(27(3)4,28(5)6)25-17-16-24-33(30-20-12-8-13-21-30,31-22-14-9-15-23-31)32(34)29-18-10-7-11-19-29/h7-15,18-23,26-28H,16,24H2,1-6H3. The topological polar surface area (TPSA) is 17.1 Å². The fourth-order valence-corrected chi connectivity index (χ4v) is 11.3.